The predicted molar refractivity (Wildman–Crippen MR) is 146 cm³/mol. The van der Waals surface area contributed by atoms with Crippen molar-refractivity contribution in [1.29, 1.82) is 0 Å². The molecule has 222 valence electrons. The molecule has 5 rings (SSSR count). The van der Waals surface area contributed by atoms with Crippen molar-refractivity contribution in [3.8, 4) is 0 Å². The van der Waals surface area contributed by atoms with E-state index in [4.69, 9.17) is 14.2 Å². The highest BCUT2D eigenvalue weighted by atomic mass is 19.1. The third-order valence-corrected chi connectivity index (χ3v) is 10.4. The number of carbonyl (C=O) groups is 3. The Hall–Kier alpha value is -2.88. The number of fused-ring (bicyclic) bond motifs is 5. The number of Topliss-reactive ketones (excluding diaryl/α,β-unsaturated/α-hetero) is 1. The SMILES string of the molecule is C=CC[C@H]1C(=O)[C@]2(C)[C@H](F)C[C@H]3OC[C@@]3(OC(C)=O)[C@H]2[C@H](OC(=O)c2ccccc2)[C@]2(O)C[C@H](O)C(C)=C1C2(C)C. The van der Waals surface area contributed by atoms with E-state index in [0.29, 0.717) is 11.1 Å². The number of aliphatic hydroxyl groups is 2. The van der Waals surface area contributed by atoms with Crippen molar-refractivity contribution in [2.75, 3.05) is 6.61 Å². The van der Waals surface area contributed by atoms with Crippen LogP contribution < -0.4 is 0 Å². The second-order valence-electron chi connectivity index (χ2n) is 12.8. The summed E-state index contributed by atoms with van der Waals surface area (Å²) in [4.78, 5) is 41.0. The van der Waals surface area contributed by atoms with Gasteiger partial charge in [-0.25, -0.2) is 9.18 Å². The molecule has 4 aliphatic rings. The first kappa shape index (κ1) is 29.6. The van der Waals surface area contributed by atoms with Crippen LogP contribution in [0.1, 0.15) is 64.2 Å². The standard InChI is InChI=1S/C32H39FO8/c1-7-11-20-24-17(2)21(35)15-32(38,29(24,4)5)27(40-28(37)19-12-9-8-10-13-19)25-30(6,26(20)36)22(33)14-23-31(25,16-39-23)41-18(3)34/h7-10,12-13,20-23,25,27,35,38H,1,11,14-16H2,2-6H3/t20-,21+,22-,23-,25+,27+,30-,31+,32-/m1/s1. The number of aliphatic hydroxyl groups excluding tert-OH is 1. The van der Waals surface area contributed by atoms with Gasteiger partial charge in [-0.1, -0.05) is 38.1 Å². The van der Waals surface area contributed by atoms with Crippen molar-refractivity contribution in [2.24, 2.45) is 22.7 Å². The Balaban J connectivity index is 1.83. The number of allylic oxidation sites excluding steroid dienone is 1. The van der Waals surface area contributed by atoms with Gasteiger partial charge < -0.3 is 24.4 Å². The van der Waals surface area contributed by atoms with E-state index < -0.39 is 76.1 Å². The minimum atomic E-state index is -2.00. The number of halogens is 1. The van der Waals surface area contributed by atoms with Gasteiger partial charge in [0, 0.05) is 31.1 Å². The molecule has 1 aromatic carbocycles. The number of ether oxygens (including phenoxy) is 3. The molecule has 9 heteroatoms. The van der Waals surface area contributed by atoms with Gasteiger partial charge in [-0.3, -0.25) is 9.59 Å². The summed E-state index contributed by atoms with van der Waals surface area (Å²) in [5.41, 5.74) is -5.46. The second-order valence-corrected chi connectivity index (χ2v) is 12.8. The fourth-order valence-corrected chi connectivity index (χ4v) is 8.25. The fourth-order valence-electron chi connectivity index (χ4n) is 8.25. The molecule has 2 N–H and O–H groups in total. The number of rotatable bonds is 5. The predicted octanol–water partition coefficient (Wildman–Crippen LogP) is 3.89. The maximum atomic E-state index is 16.6. The summed E-state index contributed by atoms with van der Waals surface area (Å²) in [6.07, 6.45) is -4.17. The van der Waals surface area contributed by atoms with E-state index in [0.717, 1.165) is 0 Å². The summed E-state index contributed by atoms with van der Waals surface area (Å²) in [5.74, 6) is -4.20. The lowest BCUT2D eigenvalue weighted by Crippen LogP contribution is -2.81. The Morgan fingerprint density at radius 3 is 2.44 bits per heavy atom. The van der Waals surface area contributed by atoms with Gasteiger partial charge in [0.2, 0.25) is 0 Å². The minimum Gasteiger partial charge on any atom is -0.455 e. The Morgan fingerprint density at radius 2 is 1.88 bits per heavy atom. The summed E-state index contributed by atoms with van der Waals surface area (Å²) < 4.78 is 34.5. The monoisotopic (exact) mass is 570 g/mol. The molecule has 1 aliphatic heterocycles. The normalized spacial score (nSPS) is 41.1. The number of hydrogen-bond acceptors (Lipinski definition) is 8. The molecule has 0 unspecified atom stereocenters. The van der Waals surface area contributed by atoms with Crippen LogP contribution in [-0.2, 0) is 23.8 Å². The summed E-state index contributed by atoms with van der Waals surface area (Å²) in [7, 11) is 0. The molecule has 3 aliphatic carbocycles. The molecule has 2 bridgehead atoms. The molecule has 0 radical (unpaired) electrons. The van der Waals surface area contributed by atoms with E-state index in [2.05, 4.69) is 6.58 Å². The van der Waals surface area contributed by atoms with Gasteiger partial charge in [0.25, 0.3) is 0 Å². The summed E-state index contributed by atoms with van der Waals surface area (Å²) in [6, 6.07) is 8.14. The van der Waals surface area contributed by atoms with Crippen LogP contribution in [0.5, 0.6) is 0 Å². The van der Waals surface area contributed by atoms with Gasteiger partial charge in [0.05, 0.1) is 29.6 Å². The molecule has 3 fully saturated rings. The van der Waals surface area contributed by atoms with Crippen LogP contribution in [0.15, 0.2) is 54.1 Å². The molecular weight excluding hydrogens is 531 g/mol. The van der Waals surface area contributed by atoms with Gasteiger partial charge in [-0.2, -0.15) is 0 Å². The lowest BCUT2D eigenvalue weighted by atomic mass is 9.43. The number of alkyl halides is 1. The molecule has 9 atom stereocenters. The number of esters is 2. The summed E-state index contributed by atoms with van der Waals surface area (Å²) in [5, 5.41) is 24.2. The molecule has 1 saturated heterocycles. The van der Waals surface area contributed by atoms with E-state index in [1.54, 1.807) is 57.2 Å². The van der Waals surface area contributed by atoms with Crippen molar-refractivity contribution in [3.05, 3.63) is 59.7 Å². The van der Waals surface area contributed by atoms with E-state index in [1.807, 2.05) is 0 Å². The fraction of sp³-hybridized carbons (Fsp3) is 0.594. The highest BCUT2D eigenvalue weighted by Gasteiger charge is 2.78. The third-order valence-electron chi connectivity index (χ3n) is 10.4. The van der Waals surface area contributed by atoms with E-state index in [9.17, 15) is 24.6 Å². The highest BCUT2D eigenvalue weighted by Crippen LogP contribution is 2.65. The maximum Gasteiger partial charge on any atom is 0.338 e. The van der Waals surface area contributed by atoms with Gasteiger partial charge in [-0.15, -0.1) is 6.58 Å². The molecule has 41 heavy (non-hydrogen) atoms. The molecule has 0 spiro atoms. The molecule has 2 saturated carbocycles. The van der Waals surface area contributed by atoms with Crippen LogP contribution in [0.4, 0.5) is 4.39 Å². The molecule has 1 aromatic rings. The van der Waals surface area contributed by atoms with Crippen LogP contribution in [-0.4, -0.2) is 70.2 Å². The van der Waals surface area contributed by atoms with Gasteiger partial charge in [0.15, 0.2) is 5.60 Å². The minimum absolute atomic E-state index is 0.141. The third kappa shape index (κ3) is 3.99. The van der Waals surface area contributed by atoms with E-state index in [-0.39, 0.29) is 31.4 Å². The smallest absolute Gasteiger partial charge is 0.338 e. The Kier molecular flexibility index (Phi) is 7.11. The largest absolute Gasteiger partial charge is 0.455 e. The van der Waals surface area contributed by atoms with Crippen LogP contribution in [0.25, 0.3) is 0 Å². The highest BCUT2D eigenvalue weighted by molar-refractivity contribution is 5.92. The second kappa shape index (κ2) is 9.85. The van der Waals surface area contributed by atoms with Crippen LogP contribution in [0, 0.1) is 22.7 Å². The Bertz CT molecular complexity index is 1310. The van der Waals surface area contributed by atoms with Crippen molar-refractivity contribution < 1.29 is 43.2 Å². The average Bonchev–Trinajstić information content (AvgIpc) is 2.91. The molecule has 0 amide bonds. The first-order valence-corrected chi connectivity index (χ1v) is 14.1. The van der Waals surface area contributed by atoms with Gasteiger partial charge in [-0.05, 0) is 43.5 Å². The number of hydrogen-bond donors (Lipinski definition) is 2. The Labute approximate surface area is 239 Å². The van der Waals surface area contributed by atoms with E-state index in [1.165, 1.54) is 13.8 Å². The number of benzene rings is 1. The average molecular weight is 571 g/mol. The van der Waals surface area contributed by atoms with Crippen molar-refractivity contribution >= 4 is 17.7 Å². The molecule has 0 aromatic heterocycles. The number of ketones is 1. The number of carbonyl (C=O) groups excluding carboxylic acids is 3. The van der Waals surface area contributed by atoms with E-state index >= 15 is 4.39 Å². The van der Waals surface area contributed by atoms with Crippen molar-refractivity contribution in [2.45, 2.75) is 89.6 Å². The molecule has 1 heterocycles. The van der Waals surface area contributed by atoms with Gasteiger partial charge in [0.1, 0.15) is 29.8 Å². The molecule has 8 nitrogen and oxygen atoms in total. The summed E-state index contributed by atoms with van der Waals surface area (Å²) >= 11 is 0. The van der Waals surface area contributed by atoms with Crippen molar-refractivity contribution in [1.82, 2.24) is 0 Å². The zero-order valence-electron chi connectivity index (χ0n) is 24.2. The van der Waals surface area contributed by atoms with Crippen LogP contribution >= 0.6 is 0 Å². The summed E-state index contributed by atoms with van der Waals surface area (Å²) in [6.45, 7) is 11.6. The molecular formula is C32H39FO8. The van der Waals surface area contributed by atoms with Crippen LogP contribution in [0.2, 0.25) is 0 Å². The lowest BCUT2D eigenvalue weighted by Gasteiger charge is -2.67. The first-order chi connectivity index (χ1) is 19.2. The quantitative estimate of drug-likeness (QED) is 0.404. The maximum absolute atomic E-state index is 16.6. The zero-order valence-corrected chi connectivity index (χ0v) is 24.2. The zero-order chi connectivity index (χ0) is 30.1. The topological polar surface area (TPSA) is 119 Å². The Morgan fingerprint density at radius 1 is 1.22 bits per heavy atom. The van der Waals surface area contributed by atoms with Gasteiger partial charge >= 0.3 is 11.9 Å². The van der Waals surface area contributed by atoms with Crippen molar-refractivity contribution in [3.63, 3.8) is 0 Å². The first-order valence-electron chi connectivity index (χ1n) is 14.1. The van der Waals surface area contributed by atoms with Crippen LogP contribution in [0.3, 0.4) is 0 Å². The lowest BCUT2D eigenvalue weighted by molar-refractivity contribution is -0.340.